The van der Waals surface area contributed by atoms with Gasteiger partial charge in [-0.1, -0.05) is 15.9 Å². The van der Waals surface area contributed by atoms with Gasteiger partial charge in [-0.15, -0.1) is 0 Å². The number of halogens is 1. The second-order valence-electron chi connectivity index (χ2n) is 3.50. The van der Waals surface area contributed by atoms with Crippen LogP contribution in [0.1, 0.15) is 12.0 Å². The van der Waals surface area contributed by atoms with Gasteiger partial charge in [-0.25, -0.2) is 0 Å². The van der Waals surface area contributed by atoms with Crippen LogP contribution in [0.5, 0.6) is 0 Å². The molecule has 0 heterocycles. The molecule has 4 heteroatoms. The van der Waals surface area contributed by atoms with Crippen LogP contribution in [-0.4, -0.2) is 29.5 Å². The molecule has 0 saturated heterocycles. The summed E-state index contributed by atoms with van der Waals surface area (Å²) in [6.07, 6.45) is 0.547. The Labute approximate surface area is 98.3 Å². The van der Waals surface area contributed by atoms with Gasteiger partial charge in [0.2, 0.25) is 0 Å². The van der Waals surface area contributed by atoms with E-state index in [4.69, 9.17) is 10.2 Å². The van der Waals surface area contributed by atoms with Crippen LogP contribution in [-0.2, 0) is 0 Å². The molecule has 1 rings (SSSR count). The molecule has 0 spiro atoms. The first-order chi connectivity index (χ1) is 7.17. The van der Waals surface area contributed by atoms with Gasteiger partial charge in [0.15, 0.2) is 0 Å². The van der Waals surface area contributed by atoms with Crippen LogP contribution in [0.4, 0.5) is 5.69 Å². The maximum atomic E-state index is 9.06. The Balaban J connectivity index is 2.66. The summed E-state index contributed by atoms with van der Waals surface area (Å²) in [7, 11) is 0. The highest BCUT2D eigenvalue weighted by molar-refractivity contribution is 9.10. The molecular formula is C11H16BrNO2. The molecule has 0 aliphatic carbocycles. The van der Waals surface area contributed by atoms with E-state index in [0.717, 1.165) is 15.7 Å². The van der Waals surface area contributed by atoms with Gasteiger partial charge < -0.3 is 15.5 Å². The SMILES string of the molecule is Cc1cc(NC(CO)CCO)ccc1Br. The van der Waals surface area contributed by atoms with E-state index in [1.54, 1.807) is 0 Å². The van der Waals surface area contributed by atoms with Gasteiger partial charge in [-0.2, -0.15) is 0 Å². The van der Waals surface area contributed by atoms with Crippen LogP contribution in [0.3, 0.4) is 0 Å². The number of rotatable bonds is 5. The minimum atomic E-state index is -0.0874. The van der Waals surface area contributed by atoms with E-state index in [9.17, 15) is 0 Å². The summed E-state index contributed by atoms with van der Waals surface area (Å²) in [6, 6.07) is 5.82. The molecule has 1 aromatic carbocycles. The lowest BCUT2D eigenvalue weighted by atomic mass is 10.2. The Kier molecular flexibility index (Phi) is 5.08. The van der Waals surface area contributed by atoms with Crippen molar-refractivity contribution in [3.05, 3.63) is 28.2 Å². The smallest absolute Gasteiger partial charge is 0.0633 e. The predicted octanol–water partition coefficient (Wildman–Crippen LogP) is 1.91. The number of benzene rings is 1. The first-order valence-corrected chi connectivity index (χ1v) is 5.71. The molecule has 0 amide bonds. The number of nitrogens with one attached hydrogen (secondary N) is 1. The van der Waals surface area contributed by atoms with Gasteiger partial charge in [0, 0.05) is 16.8 Å². The van der Waals surface area contributed by atoms with E-state index in [2.05, 4.69) is 21.2 Å². The quantitative estimate of drug-likeness (QED) is 0.768. The normalized spacial score (nSPS) is 12.5. The summed E-state index contributed by atoms with van der Waals surface area (Å²) in [5, 5.41) is 21.0. The second kappa shape index (κ2) is 6.10. The highest BCUT2D eigenvalue weighted by Crippen LogP contribution is 2.20. The fourth-order valence-electron chi connectivity index (χ4n) is 1.34. The predicted molar refractivity (Wildman–Crippen MR) is 65.1 cm³/mol. The Morgan fingerprint density at radius 3 is 2.67 bits per heavy atom. The van der Waals surface area contributed by atoms with Crippen LogP contribution < -0.4 is 5.32 Å². The molecule has 3 nitrogen and oxygen atoms in total. The van der Waals surface area contributed by atoms with Crippen molar-refractivity contribution < 1.29 is 10.2 Å². The van der Waals surface area contributed by atoms with Crippen molar-refractivity contribution >= 4 is 21.6 Å². The molecule has 0 fully saturated rings. The summed E-state index contributed by atoms with van der Waals surface area (Å²) >= 11 is 3.43. The molecule has 84 valence electrons. The molecule has 0 aliphatic rings. The standard InChI is InChI=1S/C11H16BrNO2/c1-8-6-9(2-3-11(8)12)13-10(7-15)4-5-14/h2-3,6,10,13-15H,4-5,7H2,1H3. The Morgan fingerprint density at radius 2 is 2.13 bits per heavy atom. The summed E-state index contributed by atoms with van der Waals surface area (Å²) < 4.78 is 1.07. The third-order valence-electron chi connectivity index (χ3n) is 2.23. The number of aryl methyl sites for hydroxylation is 1. The maximum Gasteiger partial charge on any atom is 0.0633 e. The zero-order valence-corrected chi connectivity index (χ0v) is 10.3. The van der Waals surface area contributed by atoms with Crippen molar-refractivity contribution in [1.29, 1.82) is 0 Å². The molecule has 3 N–H and O–H groups in total. The molecule has 15 heavy (non-hydrogen) atoms. The number of hydrogen-bond donors (Lipinski definition) is 3. The molecular weight excluding hydrogens is 258 g/mol. The van der Waals surface area contributed by atoms with Crippen molar-refractivity contribution in [2.24, 2.45) is 0 Å². The summed E-state index contributed by atoms with van der Waals surface area (Å²) in [5.41, 5.74) is 2.10. The highest BCUT2D eigenvalue weighted by atomic mass is 79.9. The molecule has 0 aliphatic heterocycles. The molecule has 1 atom stereocenters. The van der Waals surface area contributed by atoms with Crippen molar-refractivity contribution in [1.82, 2.24) is 0 Å². The second-order valence-corrected chi connectivity index (χ2v) is 4.35. The molecule has 0 aromatic heterocycles. The van der Waals surface area contributed by atoms with Crippen molar-refractivity contribution in [2.45, 2.75) is 19.4 Å². The van der Waals surface area contributed by atoms with Gasteiger partial charge in [0.25, 0.3) is 0 Å². The Hall–Kier alpha value is -0.580. The summed E-state index contributed by atoms with van der Waals surface area (Å²) in [6.45, 7) is 2.11. The van der Waals surface area contributed by atoms with Gasteiger partial charge in [0.05, 0.1) is 12.6 Å². The van der Waals surface area contributed by atoms with Crippen LogP contribution in [0, 0.1) is 6.92 Å². The van der Waals surface area contributed by atoms with E-state index in [-0.39, 0.29) is 19.3 Å². The molecule has 1 aromatic rings. The molecule has 0 bridgehead atoms. The van der Waals surface area contributed by atoms with Gasteiger partial charge in [0.1, 0.15) is 0 Å². The first-order valence-electron chi connectivity index (χ1n) is 4.91. The van der Waals surface area contributed by atoms with Crippen molar-refractivity contribution in [3.63, 3.8) is 0 Å². The third kappa shape index (κ3) is 3.81. The van der Waals surface area contributed by atoms with E-state index in [1.807, 2.05) is 25.1 Å². The van der Waals surface area contributed by atoms with Gasteiger partial charge in [-0.05, 0) is 37.1 Å². The highest BCUT2D eigenvalue weighted by Gasteiger charge is 2.06. The first kappa shape index (κ1) is 12.5. The lowest BCUT2D eigenvalue weighted by Gasteiger charge is -2.16. The van der Waals surface area contributed by atoms with E-state index in [0.29, 0.717) is 6.42 Å². The number of anilines is 1. The zero-order chi connectivity index (χ0) is 11.3. The molecule has 0 saturated carbocycles. The zero-order valence-electron chi connectivity index (χ0n) is 8.70. The van der Waals surface area contributed by atoms with E-state index in [1.165, 1.54) is 0 Å². The average Bonchev–Trinajstić information content (AvgIpc) is 2.23. The average molecular weight is 274 g/mol. The van der Waals surface area contributed by atoms with Gasteiger partial charge in [-0.3, -0.25) is 0 Å². The fraction of sp³-hybridized carbons (Fsp3) is 0.455. The Bertz CT molecular complexity index is 317. The lowest BCUT2D eigenvalue weighted by molar-refractivity contribution is 0.229. The van der Waals surface area contributed by atoms with Gasteiger partial charge >= 0.3 is 0 Å². The minimum Gasteiger partial charge on any atom is -0.396 e. The minimum absolute atomic E-state index is 0.0235. The van der Waals surface area contributed by atoms with E-state index >= 15 is 0 Å². The Morgan fingerprint density at radius 1 is 1.40 bits per heavy atom. The fourth-order valence-corrected chi connectivity index (χ4v) is 1.58. The number of aliphatic hydroxyl groups is 2. The maximum absolute atomic E-state index is 9.06. The monoisotopic (exact) mass is 273 g/mol. The van der Waals surface area contributed by atoms with Crippen LogP contribution in [0.25, 0.3) is 0 Å². The molecule has 0 radical (unpaired) electrons. The summed E-state index contributed by atoms with van der Waals surface area (Å²) in [4.78, 5) is 0. The summed E-state index contributed by atoms with van der Waals surface area (Å²) in [5.74, 6) is 0. The van der Waals surface area contributed by atoms with Crippen molar-refractivity contribution in [3.8, 4) is 0 Å². The van der Waals surface area contributed by atoms with Crippen LogP contribution in [0.15, 0.2) is 22.7 Å². The van der Waals surface area contributed by atoms with Crippen LogP contribution >= 0.6 is 15.9 Å². The topological polar surface area (TPSA) is 52.5 Å². The number of hydrogen-bond acceptors (Lipinski definition) is 3. The van der Waals surface area contributed by atoms with Crippen LogP contribution in [0.2, 0.25) is 0 Å². The third-order valence-corrected chi connectivity index (χ3v) is 3.12. The lowest BCUT2D eigenvalue weighted by Crippen LogP contribution is -2.24. The number of aliphatic hydroxyl groups excluding tert-OH is 2. The van der Waals surface area contributed by atoms with E-state index < -0.39 is 0 Å². The van der Waals surface area contributed by atoms with Crippen molar-refractivity contribution in [2.75, 3.05) is 18.5 Å². The molecule has 1 unspecified atom stereocenters. The largest absolute Gasteiger partial charge is 0.396 e.